The molecule has 11 nitrogen and oxygen atoms in total. The zero-order valence-electron chi connectivity index (χ0n) is 24.8. The molecule has 44 heavy (non-hydrogen) atoms. The number of anilines is 2. The number of aliphatic hydroxyl groups is 2. The molecule has 230 valence electrons. The molecule has 0 spiro atoms. The molecule has 0 aliphatic carbocycles. The van der Waals surface area contributed by atoms with Gasteiger partial charge in [-0.15, -0.1) is 0 Å². The summed E-state index contributed by atoms with van der Waals surface area (Å²) in [4.78, 5) is 42.1. The van der Waals surface area contributed by atoms with Crippen LogP contribution in [0.25, 0.3) is 11.3 Å². The van der Waals surface area contributed by atoms with Crippen molar-refractivity contribution >= 4 is 40.4 Å². The van der Waals surface area contributed by atoms with Crippen molar-refractivity contribution in [2.45, 2.75) is 13.2 Å². The number of nitrogens with one attached hydrogen (secondary N) is 3. The van der Waals surface area contributed by atoms with Crippen LogP contribution in [-0.4, -0.2) is 90.8 Å². The maximum absolute atomic E-state index is 13.3. The van der Waals surface area contributed by atoms with Crippen LogP contribution in [0.5, 0.6) is 0 Å². The third-order valence-electron chi connectivity index (χ3n) is 7.91. The molecule has 1 unspecified atom stereocenters. The number of fused-ring (bicyclic) bond motifs is 1. The summed E-state index contributed by atoms with van der Waals surface area (Å²) in [5.41, 5.74) is 5.35. The zero-order chi connectivity index (χ0) is 31.2. The Balaban J connectivity index is 1.32. The first-order chi connectivity index (χ1) is 21.3. The molecule has 2 amide bonds. The van der Waals surface area contributed by atoms with Gasteiger partial charge in [0.15, 0.2) is 0 Å². The van der Waals surface area contributed by atoms with E-state index >= 15 is 0 Å². The van der Waals surface area contributed by atoms with Gasteiger partial charge in [0.05, 0.1) is 42.8 Å². The van der Waals surface area contributed by atoms with E-state index in [0.717, 1.165) is 5.56 Å². The molecule has 3 aromatic rings. The fraction of sp³-hybridized carbons (Fsp3) is 0.303. The number of hydrogen-bond donors (Lipinski definition) is 5. The summed E-state index contributed by atoms with van der Waals surface area (Å²) >= 11 is 0. The van der Waals surface area contributed by atoms with Crippen molar-refractivity contribution in [1.82, 2.24) is 15.1 Å². The molecule has 0 radical (unpaired) electrons. The van der Waals surface area contributed by atoms with E-state index in [-0.39, 0.29) is 25.0 Å². The Morgan fingerprint density at radius 2 is 1.73 bits per heavy atom. The van der Waals surface area contributed by atoms with Gasteiger partial charge in [-0.2, -0.15) is 0 Å². The van der Waals surface area contributed by atoms with Crippen molar-refractivity contribution in [3.8, 4) is 0 Å². The molecule has 5 rings (SSSR count). The lowest BCUT2D eigenvalue weighted by atomic mass is 9.96. The lowest BCUT2D eigenvalue weighted by molar-refractivity contribution is -0.132. The van der Waals surface area contributed by atoms with Crippen LogP contribution in [-0.2, 0) is 14.3 Å². The molecule has 1 fully saturated rings. The van der Waals surface area contributed by atoms with Gasteiger partial charge < -0.3 is 30.5 Å². The Bertz CT molecular complexity index is 1550. The molecule has 2 aliphatic rings. The number of carbonyl (C=O) groups is 3. The minimum atomic E-state index is -1.05. The van der Waals surface area contributed by atoms with Gasteiger partial charge in [0.25, 0.3) is 5.91 Å². The summed E-state index contributed by atoms with van der Waals surface area (Å²) in [6.07, 6.45) is -1.05. The van der Waals surface area contributed by atoms with Crippen LogP contribution in [0.15, 0.2) is 66.7 Å². The number of nitrogens with zero attached hydrogens (tertiary/aromatic N) is 2. The number of esters is 1. The smallest absolute Gasteiger partial charge is 0.338 e. The Labute approximate surface area is 256 Å². The van der Waals surface area contributed by atoms with Gasteiger partial charge in [-0.05, 0) is 47.9 Å². The number of aryl methyl sites for hydroxylation is 1. The number of ether oxygens (including phenoxy) is 1. The van der Waals surface area contributed by atoms with Gasteiger partial charge in [0.2, 0.25) is 5.91 Å². The molecule has 0 bridgehead atoms. The van der Waals surface area contributed by atoms with E-state index in [1.807, 2.05) is 30.3 Å². The Kier molecular flexibility index (Phi) is 9.71. The maximum atomic E-state index is 13.3. The van der Waals surface area contributed by atoms with E-state index in [2.05, 4.69) is 20.9 Å². The van der Waals surface area contributed by atoms with Crippen LogP contribution in [0.3, 0.4) is 0 Å². The van der Waals surface area contributed by atoms with Gasteiger partial charge in [0, 0.05) is 44.0 Å². The Morgan fingerprint density at radius 1 is 1.02 bits per heavy atom. The minimum Gasteiger partial charge on any atom is -0.465 e. The molecule has 2 aliphatic heterocycles. The number of carbonyl (C=O) groups excluding carboxylic acids is 3. The van der Waals surface area contributed by atoms with E-state index in [9.17, 15) is 19.5 Å². The average molecular weight is 600 g/mol. The summed E-state index contributed by atoms with van der Waals surface area (Å²) < 4.78 is 4.89. The fourth-order valence-electron chi connectivity index (χ4n) is 5.46. The SMILES string of the molecule is COC(=O)c1cc2c(cc1C)/C(=C(/Nc1ccc(C(O)NCC(=O)N3CCN(CCO)CC3)cc1)c1ccccc1)C(=O)N2. The van der Waals surface area contributed by atoms with Crippen molar-refractivity contribution in [3.63, 3.8) is 0 Å². The van der Waals surface area contributed by atoms with Gasteiger partial charge in [-0.3, -0.25) is 19.8 Å². The highest BCUT2D eigenvalue weighted by atomic mass is 16.5. The number of β-amino-alcohol motifs (C(OH)–C–C–N with tert-alkyl or cyclic N) is 1. The molecule has 0 aromatic heterocycles. The monoisotopic (exact) mass is 599 g/mol. The molecular weight excluding hydrogens is 562 g/mol. The minimum absolute atomic E-state index is 0.00293. The molecule has 1 saturated heterocycles. The quantitative estimate of drug-likeness (QED) is 0.135. The first-order valence-electron chi connectivity index (χ1n) is 14.5. The molecule has 1 atom stereocenters. The third kappa shape index (κ3) is 6.81. The number of piperazine rings is 1. The predicted molar refractivity (Wildman–Crippen MR) is 168 cm³/mol. The van der Waals surface area contributed by atoms with Crippen molar-refractivity contribution in [2.24, 2.45) is 0 Å². The number of hydrogen-bond acceptors (Lipinski definition) is 9. The lowest BCUT2D eigenvalue weighted by Crippen LogP contribution is -2.51. The van der Waals surface area contributed by atoms with Crippen molar-refractivity contribution < 1.29 is 29.3 Å². The average Bonchev–Trinajstić information content (AvgIpc) is 3.36. The Morgan fingerprint density at radius 3 is 2.39 bits per heavy atom. The first-order valence-corrected chi connectivity index (χ1v) is 14.5. The van der Waals surface area contributed by atoms with Crippen LogP contribution >= 0.6 is 0 Å². The largest absolute Gasteiger partial charge is 0.465 e. The number of aliphatic hydroxyl groups excluding tert-OH is 2. The molecule has 0 saturated carbocycles. The lowest BCUT2D eigenvalue weighted by Gasteiger charge is -2.34. The normalized spacial score (nSPS) is 16.6. The van der Waals surface area contributed by atoms with Crippen LogP contribution in [0.1, 0.15) is 38.8 Å². The maximum Gasteiger partial charge on any atom is 0.338 e. The van der Waals surface area contributed by atoms with E-state index in [1.165, 1.54) is 7.11 Å². The molecule has 2 heterocycles. The van der Waals surface area contributed by atoms with Gasteiger partial charge >= 0.3 is 5.97 Å². The van der Waals surface area contributed by atoms with E-state index < -0.39 is 12.2 Å². The standard InChI is InChI=1S/C33H37N5O6/c1-21-18-26-27(19-25(21)33(43)44-2)36-32(42)29(26)30(22-6-4-3-5-7-22)35-24-10-8-23(9-11-24)31(41)34-20-28(40)38-14-12-37(13-15-38)16-17-39/h3-11,18-19,31,34-35,39,41H,12-17,20H2,1-2H3,(H,36,42)/b30-29-. The second kappa shape index (κ2) is 13.8. The van der Waals surface area contributed by atoms with Gasteiger partial charge in [-0.1, -0.05) is 42.5 Å². The second-order valence-corrected chi connectivity index (χ2v) is 10.8. The highest BCUT2D eigenvalue weighted by Crippen LogP contribution is 2.39. The van der Waals surface area contributed by atoms with E-state index in [1.54, 1.807) is 48.2 Å². The van der Waals surface area contributed by atoms with E-state index in [4.69, 9.17) is 9.84 Å². The first kappa shape index (κ1) is 30.9. The van der Waals surface area contributed by atoms with Crippen molar-refractivity contribution in [1.29, 1.82) is 0 Å². The summed E-state index contributed by atoms with van der Waals surface area (Å²) in [6, 6.07) is 20.0. The summed E-state index contributed by atoms with van der Waals surface area (Å²) in [7, 11) is 1.32. The number of amides is 2. The zero-order valence-corrected chi connectivity index (χ0v) is 24.8. The Hall–Kier alpha value is -4.55. The summed E-state index contributed by atoms with van der Waals surface area (Å²) in [6.45, 7) is 5.10. The van der Waals surface area contributed by atoms with E-state index in [0.29, 0.717) is 77.6 Å². The number of rotatable bonds is 10. The van der Waals surface area contributed by atoms with Gasteiger partial charge in [0.1, 0.15) is 6.23 Å². The molecule has 5 N–H and O–H groups in total. The predicted octanol–water partition coefficient (Wildman–Crippen LogP) is 2.43. The summed E-state index contributed by atoms with van der Waals surface area (Å²) in [5.74, 6) is -0.866. The highest BCUT2D eigenvalue weighted by Gasteiger charge is 2.30. The third-order valence-corrected chi connectivity index (χ3v) is 7.91. The van der Waals surface area contributed by atoms with Crippen LogP contribution < -0.4 is 16.0 Å². The van der Waals surface area contributed by atoms with Crippen molar-refractivity contribution in [2.75, 3.05) is 63.6 Å². The number of methoxy groups -OCH3 is 1. The van der Waals surface area contributed by atoms with Crippen molar-refractivity contribution in [3.05, 3.63) is 94.5 Å². The highest BCUT2D eigenvalue weighted by molar-refractivity contribution is 6.37. The second-order valence-electron chi connectivity index (χ2n) is 10.8. The molecule has 11 heteroatoms. The van der Waals surface area contributed by atoms with Crippen LogP contribution in [0.4, 0.5) is 11.4 Å². The molecule has 3 aromatic carbocycles. The summed E-state index contributed by atoms with van der Waals surface area (Å²) in [5, 5.41) is 29.0. The fourth-order valence-corrected chi connectivity index (χ4v) is 5.46. The van der Waals surface area contributed by atoms with Crippen LogP contribution in [0, 0.1) is 6.92 Å². The van der Waals surface area contributed by atoms with Gasteiger partial charge in [-0.25, -0.2) is 4.79 Å². The topological polar surface area (TPSA) is 143 Å². The number of benzene rings is 3. The van der Waals surface area contributed by atoms with Crippen LogP contribution in [0.2, 0.25) is 0 Å². The molecular formula is C33H37N5O6.